The molecule has 2 aromatic rings. The maximum absolute atomic E-state index is 5.48. The molecule has 6 nitrogen and oxygen atoms in total. The molecule has 0 radical (unpaired) electrons. The fourth-order valence-electron chi connectivity index (χ4n) is 2.39. The molecule has 3 N–H and O–H groups in total. The van der Waals surface area contributed by atoms with Crippen LogP contribution >= 0.6 is 11.8 Å². The molecular weight excluding hydrogens is 272 g/mol. The van der Waals surface area contributed by atoms with Crippen molar-refractivity contribution in [2.24, 2.45) is 5.84 Å². The predicted octanol–water partition coefficient (Wildman–Crippen LogP) is 1.98. The number of anilines is 1. The molecule has 0 fully saturated rings. The highest BCUT2D eigenvalue weighted by Crippen LogP contribution is 2.26. The Balaban J connectivity index is 1.74. The highest BCUT2D eigenvalue weighted by atomic mass is 32.2. The lowest BCUT2D eigenvalue weighted by molar-refractivity contribution is 0.591. The first-order valence-electron chi connectivity index (χ1n) is 6.84. The van der Waals surface area contributed by atoms with Gasteiger partial charge in [0.05, 0.1) is 0 Å². The maximum atomic E-state index is 5.48. The van der Waals surface area contributed by atoms with Crippen LogP contribution in [0.3, 0.4) is 0 Å². The Morgan fingerprint density at radius 3 is 3.15 bits per heavy atom. The van der Waals surface area contributed by atoms with Gasteiger partial charge >= 0.3 is 0 Å². The van der Waals surface area contributed by atoms with Crippen molar-refractivity contribution in [1.29, 1.82) is 0 Å². The molecule has 0 saturated heterocycles. The van der Waals surface area contributed by atoms with Crippen molar-refractivity contribution in [3.8, 4) is 0 Å². The van der Waals surface area contributed by atoms with Gasteiger partial charge in [0.15, 0.2) is 5.16 Å². The van der Waals surface area contributed by atoms with Gasteiger partial charge in [-0.3, -0.25) is 0 Å². The predicted molar refractivity (Wildman–Crippen MR) is 79.2 cm³/mol. The van der Waals surface area contributed by atoms with E-state index in [0.717, 1.165) is 41.1 Å². The van der Waals surface area contributed by atoms with Gasteiger partial charge < -0.3 is 9.99 Å². The Morgan fingerprint density at radius 2 is 2.25 bits per heavy atom. The SMILES string of the molecule is NNc1ncccc1CSc1nnc2n1CCCCC2. The van der Waals surface area contributed by atoms with Crippen LogP contribution in [0.15, 0.2) is 23.5 Å². The molecule has 106 valence electrons. The Labute approximate surface area is 122 Å². The van der Waals surface area contributed by atoms with Crippen molar-refractivity contribution in [3.05, 3.63) is 29.7 Å². The molecule has 0 spiro atoms. The number of thioether (sulfide) groups is 1. The van der Waals surface area contributed by atoms with Gasteiger partial charge in [-0.25, -0.2) is 10.8 Å². The number of hydrazine groups is 1. The zero-order chi connectivity index (χ0) is 13.8. The minimum Gasteiger partial charge on any atom is -0.308 e. The van der Waals surface area contributed by atoms with E-state index in [0.29, 0.717) is 0 Å². The van der Waals surface area contributed by atoms with E-state index in [1.165, 1.54) is 19.3 Å². The summed E-state index contributed by atoms with van der Waals surface area (Å²) in [5.74, 6) is 8.10. The lowest BCUT2D eigenvalue weighted by atomic mass is 10.2. The summed E-state index contributed by atoms with van der Waals surface area (Å²) in [6.45, 7) is 1.03. The summed E-state index contributed by atoms with van der Waals surface area (Å²) in [6.07, 6.45) is 6.47. The first kappa shape index (κ1) is 13.4. The molecule has 3 rings (SSSR count). The van der Waals surface area contributed by atoms with Crippen molar-refractivity contribution >= 4 is 17.6 Å². The first-order valence-corrected chi connectivity index (χ1v) is 7.82. The fraction of sp³-hybridized carbons (Fsp3) is 0.462. The van der Waals surface area contributed by atoms with E-state index < -0.39 is 0 Å². The number of fused-ring (bicyclic) bond motifs is 1. The second kappa shape index (κ2) is 6.23. The van der Waals surface area contributed by atoms with Crippen LogP contribution in [-0.2, 0) is 18.7 Å². The van der Waals surface area contributed by atoms with Crippen molar-refractivity contribution in [2.75, 3.05) is 5.43 Å². The van der Waals surface area contributed by atoms with Crippen LogP contribution in [0.4, 0.5) is 5.82 Å². The molecule has 1 aliphatic rings. The Morgan fingerprint density at radius 1 is 1.30 bits per heavy atom. The molecule has 2 aromatic heterocycles. The van der Waals surface area contributed by atoms with Crippen LogP contribution in [0.2, 0.25) is 0 Å². The second-order valence-electron chi connectivity index (χ2n) is 4.81. The van der Waals surface area contributed by atoms with Gasteiger partial charge in [0.2, 0.25) is 0 Å². The van der Waals surface area contributed by atoms with E-state index in [1.54, 1.807) is 18.0 Å². The average Bonchev–Trinajstić information content (AvgIpc) is 2.72. The van der Waals surface area contributed by atoms with Crippen LogP contribution in [-0.4, -0.2) is 19.7 Å². The van der Waals surface area contributed by atoms with Crippen molar-refractivity contribution in [1.82, 2.24) is 19.7 Å². The number of hydrogen-bond donors (Lipinski definition) is 2. The molecule has 0 amide bonds. The molecule has 0 bridgehead atoms. The monoisotopic (exact) mass is 290 g/mol. The largest absolute Gasteiger partial charge is 0.308 e. The number of rotatable bonds is 4. The minimum atomic E-state index is 0.718. The van der Waals surface area contributed by atoms with Gasteiger partial charge in [-0.15, -0.1) is 10.2 Å². The quantitative estimate of drug-likeness (QED) is 0.509. The minimum absolute atomic E-state index is 0.718. The number of nitrogen functional groups attached to an aromatic ring is 1. The summed E-state index contributed by atoms with van der Waals surface area (Å²) in [7, 11) is 0. The van der Waals surface area contributed by atoms with E-state index in [9.17, 15) is 0 Å². The lowest BCUT2D eigenvalue weighted by Crippen LogP contribution is -2.10. The van der Waals surface area contributed by atoms with Crippen molar-refractivity contribution in [3.63, 3.8) is 0 Å². The summed E-state index contributed by atoms with van der Waals surface area (Å²) in [5, 5.41) is 9.62. The van der Waals surface area contributed by atoms with E-state index >= 15 is 0 Å². The zero-order valence-corrected chi connectivity index (χ0v) is 12.1. The zero-order valence-electron chi connectivity index (χ0n) is 11.2. The highest BCUT2D eigenvalue weighted by molar-refractivity contribution is 7.98. The van der Waals surface area contributed by atoms with E-state index in [4.69, 9.17) is 5.84 Å². The summed E-state index contributed by atoms with van der Waals surface area (Å²) >= 11 is 1.69. The van der Waals surface area contributed by atoms with E-state index in [2.05, 4.69) is 25.2 Å². The van der Waals surface area contributed by atoms with E-state index in [-0.39, 0.29) is 0 Å². The smallest absolute Gasteiger partial charge is 0.191 e. The average molecular weight is 290 g/mol. The van der Waals surface area contributed by atoms with Gasteiger partial charge in [0, 0.05) is 30.5 Å². The molecule has 0 saturated carbocycles. The molecule has 0 unspecified atom stereocenters. The van der Waals surface area contributed by atoms with Crippen LogP contribution in [0.1, 0.15) is 30.7 Å². The Kier molecular flexibility index (Phi) is 4.17. The van der Waals surface area contributed by atoms with Crippen molar-refractivity contribution in [2.45, 2.75) is 43.1 Å². The summed E-state index contributed by atoms with van der Waals surface area (Å²) in [4.78, 5) is 4.21. The van der Waals surface area contributed by atoms with Crippen molar-refractivity contribution < 1.29 is 0 Å². The Bertz CT molecular complexity index is 582. The molecule has 1 aliphatic heterocycles. The molecular formula is C13H18N6S. The van der Waals surface area contributed by atoms with Gasteiger partial charge in [0.25, 0.3) is 0 Å². The number of aromatic nitrogens is 4. The van der Waals surface area contributed by atoms with Gasteiger partial charge in [0.1, 0.15) is 11.6 Å². The summed E-state index contributed by atoms with van der Waals surface area (Å²) in [5.41, 5.74) is 3.71. The molecule has 0 aliphatic carbocycles. The number of nitrogens with one attached hydrogen (secondary N) is 1. The highest BCUT2D eigenvalue weighted by Gasteiger charge is 2.15. The molecule has 3 heterocycles. The molecule has 20 heavy (non-hydrogen) atoms. The standard InChI is InChI=1S/C13H18N6S/c14-16-12-10(5-4-7-15-12)9-20-13-18-17-11-6-2-1-3-8-19(11)13/h4-5,7H,1-3,6,8-9,14H2,(H,15,16). The summed E-state index contributed by atoms with van der Waals surface area (Å²) < 4.78 is 2.25. The fourth-order valence-corrected chi connectivity index (χ4v) is 3.36. The topological polar surface area (TPSA) is 81.7 Å². The lowest BCUT2D eigenvalue weighted by Gasteiger charge is -2.08. The molecule has 0 atom stereocenters. The van der Waals surface area contributed by atoms with Crippen LogP contribution < -0.4 is 11.3 Å². The second-order valence-corrected chi connectivity index (χ2v) is 5.75. The van der Waals surface area contributed by atoms with Crippen LogP contribution in [0, 0.1) is 0 Å². The first-order chi connectivity index (χ1) is 9.88. The third-order valence-corrected chi connectivity index (χ3v) is 4.48. The van der Waals surface area contributed by atoms with Gasteiger partial charge in [-0.05, 0) is 18.9 Å². The molecule has 0 aromatic carbocycles. The number of hydrogen-bond acceptors (Lipinski definition) is 6. The van der Waals surface area contributed by atoms with Gasteiger partial charge in [-0.1, -0.05) is 24.2 Å². The number of aryl methyl sites for hydroxylation is 1. The number of nitrogens with zero attached hydrogens (tertiary/aromatic N) is 4. The maximum Gasteiger partial charge on any atom is 0.191 e. The normalized spacial score (nSPS) is 14.7. The molecule has 7 heteroatoms. The number of pyridine rings is 1. The van der Waals surface area contributed by atoms with Crippen LogP contribution in [0.5, 0.6) is 0 Å². The van der Waals surface area contributed by atoms with E-state index in [1.807, 2.05) is 12.1 Å². The number of nitrogens with two attached hydrogens (primary N) is 1. The third kappa shape index (κ3) is 2.78. The third-order valence-electron chi connectivity index (χ3n) is 3.46. The van der Waals surface area contributed by atoms with Gasteiger partial charge in [-0.2, -0.15) is 0 Å². The summed E-state index contributed by atoms with van der Waals surface area (Å²) in [6, 6.07) is 3.94. The van der Waals surface area contributed by atoms with Crippen LogP contribution in [0.25, 0.3) is 0 Å². The Hall–Kier alpha value is -1.60.